The number of hydrogen-bond donors (Lipinski definition) is 1. The van der Waals surface area contributed by atoms with E-state index < -0.39 is 6.04 Å². The third kappa shape index (κ3) is 4.09. The average Bonchev–Trinajstić information content (AvgIpc) is 2.84. The summed E-state index contributed by atoms with van der Waals surface area (Å²) in [6.07, 6.45) is 0.932. The van der Waals surface area contributed by atoms with Gasteiger partial charge in [0.05, 0.1) is 27.9 Å². The average molecular weight is 431 g/mol. The lowest BCUT2D eigenvalue weighted by atomic mass is 9.97. The molecule has 0 amide bonds. The predicted molar refractivity (Wildman–Crippen MR) is 123 cm³/mol. The van der Waals surface area contributed by atoms with Gasteiger partial charge >= 0.3 is 0 Å². The Hall–Kier alpha value is -4.00. The predicted octanol–water partition coefficient (Wildman–Crippen LogP) is 4.24. The van der Waals surface area contributed by atoms with Crippen LogP contribution < -0.4 is 19.5 Å². The fourth-order valence-electron chi connectivity index (χ4n) is 3.81. The number of ether oxygens (including phenoxy) is 3. The van der Waals surface area contributed by atoms with Gasteiger partial charge in [0, 0.05) is 23.4 Å². The second kappa shape index (κ2) is 9.43. The van der Waals surface area contributed by atoms with E-state index in [1.807, 2.05) is 66.7 Å². The van der Waals surface area contributed by atoms with Crippen LogP contribution in [0.3, 0.4) is 0 Å². The van der Waals surface area contributed by atoms with Gasteiger partial charge in [-0.25, -0.2) is 0 Å². The molecule has 0 fully saturated rings. The SMILES string of the molecule is COc1cc(NC2=NN(Cc3ccccc3)C(C=O)c3ccccc32)cc(OC)c1OC. The van der Waals surface area contributed by atoms with Crippen molar-refractivity contribution in [2.75, 3.05) is 26.6 Å². The number of benzene rings is 3. The van der Waals surface area contributed by atoms with E-state index in [0.717, 1.165) is 28.7 Å². The van der Waals surface area contributed by atoms with Crippen LogP contribution in [0.2, 0.25) is 0 Å². The lowest BCUT2D eigenvalue weighted by Crippen LogP contribution is -2.34. The van der Waals surface area contributed by atoms with Crippen LogP contribution in [-0.2, 0) is 11.3 Å². The van der Waals surface area contributed by atoms with E-state index in [4.69, 9.17) is 19.3 Å². The molecule has 0 saturated heterocycles. The van der Waals surface area contributed by atoms with Gasteiger partial charge < -0.3 is 24.3 Å². The highest BCUT2D eigenvalue weighted by Gasteiger charge is 2.29. The molecular weight excluding hydrogens is 406 g/mol. The van der Waals surface area contributed by atoms with Crippen molar-refractivity contribution in [1.82, 2.24) is 5.01 Å². The van der Waals surface area contributed by atoms with Crippen molar-refractivity contribution in [2.24, 2.45) is 5.10 Å². The Morgan fingerprint density at radius 2 is 1.59 bits per heavy atom. The first kappa shape index (κ1) is 21.2. The van der Waals surface area contributed by atoms with E-state index >= 15 is 0 Å². The third-order valence-corrected chi connectivity index (χ3v) is 5.33. The zero-order valence-corrected chi connectivity index (χ0v) is 18.2. The van der Waals surface area contributed by atoms with Crippen molar-refractivity contribution in [3.8, 4) is 17.2 Å². The molecule has 1 aliphatic rings. The summed E-state index contributed by atoms with van der Waals surface area (Å²) in [4.78, 5) is 12.0. The van der Waals surface area contributed by atoms with E-state index in [1.54, 1.807) is 26.3 Å². The van der Waals surface area contributed by atoms with Crippen LogP contribution in [0.25, 0.3) is 0 Å². The lowest BCUT2D eigenvalue weighted by molar-refractivity contribution is -0.113. The van der Waals surface area contributed by atoms with Crippen LogP contribution in [0.5, 0.6) is 17.2 Å². The highest BCUT2D eigenvalue weighted by molar-refractivity contribution is 6.10. The number of hydrogen-bond acceptors (Lipinski definition) is 7. The summed E-state index contributed by atoms with van der Waals surface area (Å²) < 4.78 is 16.4. The van der Waals surface area contributed by atoms with E-state index in [-0.39, 0.29) is 0 Å². The molecule has 1 heterocycles. The number of rotatable bonds is 7. The summed E-state index contributed by atoms with van der Waals surface area (Å²) in [5.74, 6) is 2.21. The first-order valence-corrected chi connectivity index (χ1v) is 10.2. The Balaban J connectivity index is 1.75. The van der Waals surface area contributed by atoms with Crippen LogP contribution in [0.4, 0.5) is 5.69 Å². The molecule has 0 aliphatic carbocycles. The van der Waals surface area contributed by atoms with Gasteiger partial charge in [0.15, 0.2) is 17.3 Å². The number of methoxy groups -OCH3 is 3. The summed E-state index contributed by atoms with van der Waals surface area (Å²) in [6.45, 7) is 0.499. The van der Waals surface area contributed by atoms with Crippen molar-refractivity contribution in [3.63, 3.8) is 0 Å². The van der Waals surface area contributed by atoms with Crippen LogP contribution in [0, 0.1) is 0 Å². The van der Waals surface area contributed by atoms with Crippen LogP contribution in [0.15, 0.2) is 71.8 Å². The molecule has 4 rings (SSSR count). The zero-order valence-electron chi connectivity index (χ0n) is 18.2. The van der Waals surface area contributed by atoms with Crippen molar-refractivity contribution in [2.45, 2.75) is 12.6 Å². The molecule has 3 aromatic carbocycles. The molecule has 3 aromatic rings. The van der Waals surface area contributed by atoms with Gasteiger partial charge in [-0.15, -0.1) is 0 Å². The Labute approximate surface area is 187 Å². The summed E-state index contributed by atoms with van der Waals surface area (Å²) in [6, 6.07) is 20.9. The molecule has 1 aliphatic heterocycles. The zero-order chi connectivity index (χ0) is 22.5. The number of carbonyl (C=O) groups excluding carboxylic acids is 1. The summed E-state index contributed by atoms with van der Waals surface area (Å²) in [5.41, 5.74) is 3.54. The molecule has 0 aromatic heterocycles. The Bertz CT molecular complexity index is 1110. The summed E-state index contributed by atoms with van der Waals surface area (Å²) in [7, 11) is 4.71. The van der Waals surface area contributed by atoms with E-state index in [9.17, 15) is 4.79 Å². The lowest BCUT2D eigenvalue weighted by Gasteiger charge is -2.33. The third-order valence-electron chi connectivity index (χ3n) is 5.33. The Kier molecular flexibility index (Phi) is 6.26. The number of nitrogens with zero attached hydrogens (tertiary/aromatic N) is 2. The maximum Gasteiger partial charge on any atom is 0.203 e. The normalized spacial score (nSPS) is 14.8. The molecule has 0 saturated carbocycles. The van der Waals surface area contributed by atoms with Crippen molar-refractivity contribution in [1.29, 1.82) is 0 Å². The maximum absolute atomic E-state index is 12.0. The fourth-order valence-corrected chi connectivity index (χ4v) is 3.81. The van der Waals surface area contributed by atoms with Crippen LogP contribution in [0.1, 0.15) is 22.7 Å². The maximum atomic E-state index is 12.0. The van der Waals surface area contributed by atoms with Crippen molar-refractivity contribution >= 4 is 17.8 Å². The first-order valence-electron chi connectivity index (χ1n) is 10.2. The van der Waals surface area contributed by atoms with Crippen molar-refractivity contribution < 1.29 is 19.0 Å². The minimum atomic E-state index is -0.475. The standard InChI is InChI=1S/C25H25N3O4/c1-30-22-13-18(14-23(31-2)24(22)32-3)26-25-20-12-8-7-11-19(20)21(16-29)28(27-25)15-17-9-5-4-6-10-17/h4-14,16,21H,15H2,1-3H3,(H,26,27). The number of aldehydes is 1. The molecule has 32 heavy (non-hydrogen) atoms. The molecular formula is C25H25N3O4. The molecule has 1 unspecified atom stereocenters. The molecule has 1 N–H and O–H groups in total. The van der Waals surface area contributed by atoms with E-state index in [2.05, 4.69) is 5.32 Å². The van der Waals surface area contributed by atoms with Crippen LogP contribution >= 0.6 is 0 Å². The van der Waals surface area contributed by atoms with E-state index in [0.29, 0.717) is 29.6 Å². The number of hydrazone groups is 1. The van der Waals surface area contributed by atoms with Gasteiger partial charge in [-0.2, -0.15) is 5.10 Å². The molecule has 0 spiro atoms. The fraction of sp³-hybridized carbons (Fsp3) is 0.200. The van der Waals surface area contributed by atoms with Gasteiger partial charge in [0.1, 0.15) is 12.3 Å². The Morgan fingerprint density at radius 1 is 0.938 bits per heavy atom. The van der Waals surface area contributed by atoms with Gasteiger partial charge in [0.2, 0.25) is 5.75 Å². The number of amidine groups is 1. The van der Waals surface area contributed by atoms with Gasteiger partial charge in [-0.3, -0.25) is 5.01 Å². The molecule has 0 bridgehead atoms. The smallest absolute Gasteiger partial charge is 0.203 e. The summed E-state index contributed by atoms with van der Waals surface area (Å²) >= 11 is 0. The van der Waals surface area contributed by atoms with E-state index in [1.165, 1.54) is 0 Å². The second-order valence-corrected chi connectivity index (χ2v) is 7.24. The van der Waals surface area contributed by atoms with Gasteiger partial charge in [-0.05, 0) is 11.1 Å². The van der Waals surface area contributed by atoms with Gasteiger partial charge in [-0.1, -0.05) is 54.6 Å². The number of carbonyl (C=O) groups is 1. The largest absolute Gasteiger partial charge is 0.493 e. The quantitative estimate of drug-likeness (QED) is 0.564. The van der Waals surface area contributed by atoms with Gasteiger partial charge in [0.25, 0.3) is 0 Å². The first-order chi connectivity index (χ1) is 15.7. The Morgan fingerprint density at radius 3 is 2.22 bits per heavy atom. The molecule has 7 heteroatoms. The molecule has 7 nitrogen and oxygen atoms in total. The summed E-state index contributed by atoms with van der Waals surface area (Å²) in [5, 5.41) is 9.99. The number of fused-ring (bicyclic) bond motifs is 1. The van der Waals surface area contributed by atoms with Crippen LogP contribution in [-0.4, -0.2) is 38.5 Å². The minimum Gasteiger partial charge on any atom is -0.493 e. The molecule has 164 valence electrons. The monoisotopic (exact) mass is 431 g/mol. The highest BCUT2D eigenvalue weighted by atomic mass is 16.5. The topological polar surface area (TPSA) is 72.4 Å². The van der Waals surface area contributed by atoms with Crippen molar-refractivity contribution in [3.05, 3.63) is 83.4 Å². The molecule has 1 atom stereocenters. The molecule has 0 radical (unpaired) electrons. The number of nitrogens with one attached hydrogen (secondary N) is 1. The highest BCUT2D eigenvalue weighted by Crippen LogP contribution is 2.40. The number of anilines is 1. The minimum absolute atomic E-state index is 0.475. The second-order valence-electron chi connectivity index (χ2n) is 7.24.